The zero-order valence-corrected chi connectivity index (χ0v) is 11.6. The fourth-order valence-corrected chi connectivity index (χ4v) is 3.34. The number of aromatic nitrogens is 1. The Balaban J connectivity index is 2.35. The van der Waals surface area contributed by atoms with Crippen molar-refractivity contribution in [2.45, 2.75) is 0 Å². The van der Waals surface area contributed by atoms with E-state index in [2.05, 4.69) is 78.6 Å². The first-order chi connectivity index (χ1) is 8.77. The van der Waals surface area contributed by atoms with Crippen molar-refractivity contribution in [2.75, 3.05) is 13.3 Å². The summed E-state index contributed by atoms with van der Waals surface area (Å²) in [5, 5.41) is 1.33. The molecule has 2 heteroatoms. The summed E-state index contributed by atoms with van der Waals surface area (Å²) >= 11 is 0. The van der Waals surface area contributed by atoms with Crippen molar-refractivity contribution in [1.29, 1.82) is 0 Å². The Morgan fingerprint density at radius 3 is 2.22 bits per heavy atom. The number of hydrogen-bond donors (Lipinski definition) is 0. The first kappa shape index (κ1) is 11.5. The molecule has 0 saturated heterocycles. The molecule has 0 saturated carbocycles. The van der Waals surface area contributed by atoms with Crippen molar-refractivity contribution < 1.29 is 0 Å². The van der Waals surface area contributed by atoms with Crippen LogP contribution in [0.4, 0.5) is 0 Å². The Morgan fingerprint density at radius 1 is 0.833 bits per heavy atom. The first-order valence-corrected chi connectivity index (χ1v) is 8.34. The summed E-state index contributed by atoms with van der Waals surface area (Å²) in [5.41, 5.74) is 3.98. The molecule has 0 aliphatic carbocycles. The Kier molecular flexibility index (Phi) is 2.93. The molecule has 3 rings (SSSR count). The lowest BCUT2D eigenvalue weighted by Gasteiger charge is -2.13. The fraction of sp³-hybridized carbons (Fsp3) is 0.125. The molecule has 2 aromatic carbocycles. The number of rotatable bonds is 2. The molecule has 0 aliphatic rings. The van der Waals surface area contributed by atoms with Gasteiger partial charge in [0, 0.05) is 16.5 Å². The lowest BCUT2D eigenvalue weighted by molar-refractivity contribution is 1.17. The number of nitrogens with zero attached hydrogens (tertiary/aromatic N) is 1. The van der Waals surface area contributed by atoms with Crippen LogP contribution in [0.1, 0.15) is 0 Å². The van der Waals surface area contributed by atoms with Gasteiger partial charge in [0.1, 0.15) is 0 Å². The lowest BCUT2D eigenvalue weighted by Crippen LogP contribution is -2.12. The van der Waals surface area contributed by atoms with E-state index in [-0.39, 0.29) is 7.92 Å². The van der Waals surface area contributed by atoms with Gasteiger partial charge in [-0.3, -0.25) is 0 Å². The van der Waals surface area contributed by atoms with Crippen LogP contribution < -0.4 is 5.44 Å². The van der Waals surface area contributed by atoms with Gasteiger partial charge >= 0.3 is 0 Å². The molecule has 0 N–H and O–H groups in total. The summed E-state index contributed by atoms with van der Waals surface area (Å²) < 4.78 is 2.39. The van der Waals surface area contributed by atoms with Crippen molar-refractivity contribution in [3.05, 3.63) is 60.7 Å². The zero-order chi connectivity index (χ0) is 12.5. The molecule has 18 heavy (non-hydrogen) atoms. The van der Waals surface area contributed by atoms with Crippen molar-refractivity contribution in [3.8, 4) is 5.69 Å². The van der Waals surface area contributed by atoms with Crippen molar-refractivity contribution >= 4 is 24.3 Å². The Labute approximate surface area is 109 Å². The van der Waals surface area contributed by atoms with Gasteiger partial charge in [0.25, 0.3) is 0 Å². The molecule has 0 radical (unpaired) electrons. The minimum absolute atomic E-state index is 0.124. The van der Waals surface area contributed by atoms with Gasteiger partial charge in [0.15, 0.2) is 0 Å². The van der Waals surface area contributed by atoms with Crippen molar-refractivity contribution in [3.63, 3.8) is 0 Å². The molecular weight excluding hydrogens is 237 g/mol. The second-order valence-corrected chi connectivity index (χ2v) is 6.87. The van der Waals surface area contributed by atoms with Crippen LogP contribution in [0.2, 0.25) is 0 Å². The average Bonchev–Trinajstić information content (AvgIpc) is 2.79. The van der Waals surface area contributed by atoms with Gasteiger partial charge < -0.3 is 4.57 Å². The smallest absolute Gasteiger partial charge is 0.0535 e. The molecule has 3 aromatic rings. The third-order valence-electron chi connectivity index (χ3n) is 3.16. The molecule has 0 fully saturated rings. The Bertz CT molecular complexity index is 668. The summed E-state index contributed by atoms with van der Waals surface area (Å²) in [6, 6.07) is 21.5. The fourth-order valence-electron chi connectivity index (χ4n) is 2.32. The second kappa shape index (κ2) is 4.59. The van der Waals surface area contributed by atoms with E-state index in [1.165, 1.54) is 22.0 Å². The highest BCUT2D eigenvalue weighted by Crippen LogP contribution is 2.30. The van der Waals surface area contributed by atoms with Gasteiger partial charge in [-0.25, -0.2) is 0 Å². The lowest BCUT2D eigenvalue weighted by atomic mass is 10.2. The molecule has 0 spiro atoms. The van der Waals surface area contributed by atoms with E-state index < -0.39 is 0 Å². The number of benzene rings is 2. The van der Waals surface area contributed by atoms with Crippen LogP contribution in [0.3, 0.4) is 0 Å². The van der Waals surface area contributed by atoms with E-state index in [9.17, 15) is 0 Å². The van der Waals surface area contributed by atoms with Gasteiger partial charge in [0.2, 0.25) is 0 Å². The van der Waals surface area contributed by atoms with Crippen LogP contribution in [0.15, 0.2) is 60.7 Å². The molecule has 1 aromatic heterocycles. The van der Waals surface area contributed by atoms with E-state index in [1.807, 2.05) is 0 Å². The van der Waals surface area contributed by atoms with Crippen LogP contribution in [0.25, 0.3) is 16.6 Å². The van der Waals surface area contributed by atoms with Gasteiger partial charge in [-0.2, -0.15) is 0 Å². The van der Waals surface area contributed by atoms with Crippen LogP contribution in [0, 0.1) is 0 Å². The molecule has 1 heterocycles. The quantitative estimate of drug-likeness (QED) is 0.608. The summed E-state index contributed by atoms with van der Waals surface area (Å²) in [6.07, 6.45) is 0. The van der Waals surface area contributed by atoms with Crippen LogP contribution >= 0.6 is 7.92 Å². The summed E-state index contributed by atoms with van der Waals surface area (Å²) in [7, 11) is -0.124. The van der Waals surface area contributed by atoms with Crippen molar-refractivity contribution in [2.24, 2.45) is 0 Å². The van der Waals surface area contributed by atoms with E-state index in [4.69, 9.17) is 0 Å². The predicted octanol–water partition coefficient (Wildman–Crippen LogP) is 4.00. The largest absolute Gasteiger partial charge is 0.310 e. The Hall–Kier alpha value is -1.59. The van der Waals surface area contributed by atoms with E-state index in [0.29, 0.717) is 0 Å². The maximum atomic E-state index is 2.39. The van der Waals surface area contributed by atoms with Gasteiger partial charge in [-0.05, 0) is 37.6 Å². The third kappa shape index (κ3) is 1.85. The van der Waals surface area contributed by atoms with Gasteiger partial charge in [0.05, 0.1) is 5.52 Å². The van der Waals surface area contributed by atoms with Crippen LogP contribution in [-0.4, -0.2) is 17.9 Å². The standard InChI is InChI=1S/C16H16NP/c1-18(2)16-12-13-8-6-7-11-15(13)17(16)14-9-4-3-5-10-14/h3-12H,1-2H3. The summed E-state index contributed by atoms with van der Waals surface area (Å²) in [5.74, 6) is 0. The Morgan fingerprint density at radius 2 is 1.50 bits per heavy atom. The maximum absolute atomic E-state index is 2.39. The van der Waals surface area contributed by atoms with E-state index in [1.54, 1.807) is 0 Å². The molecule has 90 valence electrons. The summed E-state index contributed by atoms with van der Waals surface area (Å²) in [6.45, 7) is 4.62. The minimum Gasteiger partial charge on any atom is -0.310 e. The van der Waals surface area contributed by atoms with Gasteiger partial charge in [-0.1, -0.05) is 44.3 Å². The SMILES string of the molecule is CP(C)c1cc2ccccc2n1-c1ccccc1. The van der Waals surface area contributed by atoms with Crippen LogP contribution in [0.5, 0.6) is 0 Å². The predicted molar refractivity (Wildman–Crippen MR) is 81.7 cm³/mol. The zero-order valence-electron chi connectivity index (χ0n) is 10.7. The summed E-state index contributed by atoms with van der Waals surface area (Å²) in [4.78, 5) is 0. The molecule has 0 bridgehead atoms. The minimum atomic E-state index is -0.124. The molecular formula is C16H16NP. The average molecular weight is 253 g/mol. The molecule has 0 unspecified atom stereocenters. The number of fused-ring (bicyclic) bond motifs is 1. The number of hydrogen-bond acceptors (Lipinski definition) is 0. The highest BCUT2D eigenvalue weighted by molar-refractivity contribution is 7.63. The van der Waals surface area contributed by atoms with E-state index in [0.717, 1.165) is 0 Å². The first-order valence-electron chi connectivity index (χ1n) is 6.10. The van der Waals surface area contributed by atoms with Crippen molar-refractivity contribution in [1.82, 2.24) is 4.57 Å². The second-order valence-electron chi connectivity index (χ2n) is 4.63. The highest BCUT2D eigenvalue weighted by Gasteiger charge is 2.12. The normalized spacial score (nSPS) is 11.3. The molecule has 0 atom stereocenters. The topological polar surface area (TPSA) is 4.93 Å². The monoisotopic (exact) mass is 253 g/mol. The molecule has 0 amide bonds. The molecule has 1 nitrogen and oxygen atoms in total. The maximum Gasteiger partial charge on any atom is 0.0535 e. The van der Waals surface area contributed by atoms with Gasteiger partial charge in [-0.15, -0.1) is 0 Å². The third-order valence-corrected chi connectivity index (χ3v) is 4.41. The highest BCUT2D eigenvalue weighted by atomic mass is 31.1. The van der Waals surface area contributed by atoms with Crippen LogP contribution in [-0.2, 0) is 0 Å². The van der Waals surface area contributed by atoms with E-state index >= 15 is 0 Å². The molecule has 0 aliphatic heterocycles. The number of para-hydroxylation sites is 2.